The summed E-state index contributed by atoms with van der Waals surface area (Å²) in [5, 5.41) is 8.50. The van der Waals surface area contributed by atoms with Crippen molar-refractivity contribution in [3.63, 3.8) is 0 Å². The van der Waals surface area contributed by atoms with Crippen molar-refractivity contribution in [1.82, 2.24) is 10.3 Å². The summed E-state index contributed by atoms with van der Waals surface area (Å²) in [7, 11) is 0. The van der Waals surface area contributed by atoms with Gasteiger partial charge in [-0.2, -0.15) is 0 Å². The summed E-state index contributed by atoms with van der Waals surface area (Å²) in [6.07, 6.45) is 12.1. The highest BCUT2D eigenvalue weighted by Crippen LogP contribution is 2.66. The summed E-state index contributed by atoms with van der Waals surface area (Å²) in [5.74, 6) is 2.65. The number of rotatable bonds is 7. The first kappa shape index (κ1) is 26.3. The van der Waals surface area contributed by atoms with Gasteiger partial charge in [-0.1, -0.05) is 42.8 Å². The summed E-state index contributed by atoms with van der Waals surface area (Å²) in [6.45, 7) is 7.21. The van der Waals surface area contributed by atoms with Crippen molar-refractivity contribution in [3.05, 3.63) is 47.7 Å². The largest absolute Gasteiger partial charge is 0.385 e. The van der Waals surface area contributed by atoms with E-state index < -0.39 is 0 Å². The van der Waals surface area contributed by atoms with Crippen LogP contribution in [0.5, 0.6) is 0 Å². The van der Waals surface area contributed by atoms with Crippen LogP contribution < -0.4 is 5.32 Å². The molecule has 6 heteroatoms. The first-order valence-electron chi connectivity index (χ1n) is 15.0. The lowest BCUT2D eigenvalue weighted by Crippen LogP contribution is -2.51. The third-order valence-corrected chi connectivity index (χ3v) is 11.1. The second-order valence-corrected chi connectivity index (χ2v) is 13.1. The summed E-state index contributed by atoms with van der Waals surface area (Å²) >= 11 is 0. The number of fused-ring (bicyclic) bond motifs is 6. The van der Waals surface area contributed by atoms with Gasteiger partial charge in [0, 0.05) is 30.1 Å². The molecule has 1 aromatic heterocycles. The fraction of sp³-hybridized carbons (Fsp3) is 0.606. The molecule has 0 aliphatic heterocycles. The number of amides is 1. The van der Waals surface area contributed by atoms with Gasteiger partial charge in [-0.25, -0.2) is 0 Å². The number of nitrogens with one attached hydrogen (secondary N) is 2. The van der Waals surface area contributed by atoms with Gasteiger partial charge in [0.15, 0.2) is 6.61 Å². The van der Waals surface area contributed by atoms with E-state index in [9.17, 15) is 9.59 Å². The van der Waals surface area contributed by atoms with Crippen LogP contribution in [0.2, 0.25) is 0 Å². The molecule has 0 saturated heterocycles. The van der Waals surface area contributed by atoms with Gasteiger partial charge >= 0.3 is 0 Å². The van der Waals surface area contributed by atoms with Gasteiger partial charge in [0.25, 0.3) is 5.91 Å². The molecule has 208 valence electrons. The number of aromatic amines is 1. The Balaban J connectivity index is 1.02. The number of ketones is 1. The van der Waals surface area contributed by atoms with E-state index in [1.165, 1.54) is 36.6 Å². The van der Waals surface area contributed by atoms with Crippen LogP contribution in [0.25, 0.3) is 10.9 Å². The van der Waals surface area contributed by atoms with Gasteiger partial charge in [0.05, 0.1) is 5.71 Å². The molecule has 4 aliphatic carbocycles. The number of allylic oxidation sites excluding steroid dienone is 2. The molecule has 1 heterocycles. The average Bonchev–Trinajstić information content (AvgIpc) is 3.49. The molecular formula is C33H43N3O3. The zero-order valence-corrected chi connectivity index (χ0v) is 23.7. The van der Waals surface area contributed by atoms with Gasteiger partial charge in [0.2, 0.25) is 0 Å². The van der Waals surface area contributed by atoms with Crippen LogP contribution in [-0.4, -0.2) is 35.5 Å². The number of oxime groups is 1. The van der Waals surface area contributed by atoms with Gasteiger partial charge in [-0.05, 0) is 110 Å². The van der Waals surface area contributed by atoms with Gasteiger partial charge < -0.3 is 15.1 Å². The number of nitrogens with zero attached hydrogens (tertiary/aromatic N) is 1. The molecule has 6 nitrogen and oxygen atoms in total. The predicted octanol–water partition coefficient (Wildman–Crippen LogP) is 6.37. The topological polar surface area (TPSA) is 83.5 Å². The minimum Gasteiger partial charge on any atom is -0.385 e. The van der Waals surface area contributed by atoms with Crippen LogP contribution in [-0.2, 0) is 20.8 Å². The van der Waals surface area contributed by atoms with Crippen molar-refractivity contribution >= 4 is 28.3 Å². The Labute approximate surface area is 232 Å². The maximum atomic E-state index is 12.4. The van der Waals surface area contributed by atoms with Gasteiger partial charge in [-0.15, -0.1) is 0 Å². The Bertz CT molecular complexity index is 1290. The Hall–Kier alpha value is -2.89. The first-order chi connectivity index (χ1) is 18.8. The molecule has 4 aliphatic rings. The van der Waals surface area contributed by atoms with Crippen molar-refractivity contribution in [2.24, 2.45) is 39.7 Å². The molecule has 3 fully saturated rings. The number of carbonyl (C=O) groups is 2. The van der Waals surface area contributed by atoms with Crippen molar-refractivity contribution in [2.75, 3.05) is 13.2 Å². The predicted molar refractivity (Wildman–Crippen MR) is 154 cm³/mol. The molecule has 39 heavy (non-hydrogen) atoms. The number of Topliss-reactive ketones (excluding diaryl/α,β-unsaturated/α-hetero) is 1. The Kier molecular flexibility index (Phi) is 6.93. The third-order valence-electron chi connectivity index (χ3n) is 11.1. The fourth-order valence-corrected chi connectivity index (χ4v) is 9.14. The zero-order valence-electron chi connectivity index (χ0n) is 23.7. The molecule has 6 atom stereocenters. The monoisotopic (exact) mass is 529 g/mol. The van der Waals surface area contributed by atoms with E-state index in [-0.39, 0.29) is 29.3 Å². The van der Waals surface area contributed by atoms with E-state index in [0.717, 1.165) is 54.9 Å². The van der Waals surface area contributed by atoms with E-state index in [0.29, 0.717) is 24.2 Å². The first-order valence-corrected chi connectivity index (χ1v) is 15.0. The summed E-state index contributed by atoms with van der Waals surface area (Å²) in [4.78, 5) is 33.6. The van der Waals surface area contributed by atoms with Crippen LogP contribution in [0.1, 0.15) is 77.8 Å². The molecule has 2 aromatic rings. The lowest BCUT2D eigenvalue weighted by atomic mass is 9.46. The number of hydrogen-bond donors (Lipinski definition) is 2. The minimum absolute atomic E-state index is 0.0566. The van der Waals surface area contributed by atoms with Crippen LogP contribution in [0.3, 0.4) is 0 Å². The maximum Gasteiger partial charge on any atom is 0.260 e. The highest BCUT2D eigenvalue weighted by molar-refractivity contribution is 5.96. The normalized spacial score (nSPS) is 34.6. The number of hydrogen-bond acceptors (Lipinski definition) is 4. The molecular weight excluding hydrogens is 486 g/mol. The maximum absolute atomic E-state index is 12.4. The molecule has 3 saturated carbocycles. The van der Waals surface area contributed by atoms with Crippen molar-refractivity contribution in [2.45, 2.75) is 78.6 Å². The number of carbonyl (C=O) groups excluding carboxylic acids is 2. The summed E-state index contributed by atoms with van der Waals surface area (Å²) < 4.78 is 0. The smallest absolute Gasteiger partial charge is 0.260 e. The SMILES string of the molecule is CC(=O)C1CCC2C3CCC4=C/C(=N/OCC(=O)NCCc5cc6ccccc6[nH]5)CC[C@]4(C)C3CC[C@]12C. The molecule has 2 N–H and O–H groups in total. The second kappa shape index (κ2) is 10.3. The summed E-state index contributed by atoms with van der Waals surface area (Å²) in [5.41, 5.74) is 5.13. The van der Waals surface area contributed by atoms with E-state index in [1.54, 1.807) is 0 Å². The number of para-hydroxylation sites is 1. The van der Waals surface area contributed by atoms with E-state index >= 15 is 0 Å². The molecule has 1 amide bonds. The molecule has 0 radical (unpaired) electrons. The van der Waals surface area contributed by atoms with E-state index in [2.05, 4.69) is 53.6 Å². The van der Waals surface area contributed by atoms with Crippen molar-refractivity contribution in [1.29, 1.82) is 0 Å². The number of H-pyrrole nitrogens is 1. The lowest BCUT2D eigenvalue weighted by molar-refractivity contribution is -0.128. The third kappa shape index (κ3) is 4.74. The molecule has 1 aromatic carbocycles. The lowest BCUT2D eigenvalue weighted by Gasteiger charge is -2.58. The summed E-state index contributed by atoms with van der Waals surface area (Å²) in [6, 6.07) is 10.3. The molecule has 0 bridgehead atoms. The second-order valence-electron chi connectivity index (χ2n) is 13.1. The van der Waals surface area contributed by atoms with Crippen LogP contribution >= 0.6 is 0 Å². The molecule has 4 unspecified atom stereocenters. The standard InChI is InChI=1S/C33H43N3O3/c1-21(37)27-10-11-28-26-9-8-23-19-25(12-15-32(23,2)29(26)13-16-33(27,28)3)36-39-20-31(38)34-17-14-24-18-22-6-4-5-7-30(22)35-24/h4-7,18-19,26-29,35H,8-17,20H2,1-3H3,(H,34,38)/b36-25+/t26?,27?,28?,29?,32-,33+/m0/s1. The quantitative estimate of drug-likeness (QED) is 0.409. The molecule has 0 spiro atoms. The highest BCUT2D eigenvalue weighted by Gasteiger charge is 2.59. The Morgan fingerprint density at radius 1 is 1.08 bits per heavy atom. The van der Waals surface area contributed by atoms with Gasteiger partial charge in [-0.3, -0.25) is 9.59 Å². The minimum atomic E-state index is -0.144. The van der Waals surface area contributed by atoms with E-state index in [1.807, 2.05) is 19.1 Å². The zero-order chi connectivity index (χ0) is 27.2. The molecule has 6 rings (SSSR count). The van der Waals surface area contributed by atoms with Crippen molar-refractivity contribution < 1.29 is 14.4 Å². The number of aromatic nitrogens is 1. The average molecular weight is 530 g/mol. The van der Waals surface area contributed by atoms with Crippen LogP contribution in [0.15, 0.2) is 47.1 Å². The van der Waals surface area contributed by atoms with Crippen LogP contribution in [0.4, 0.5) is 0 Å². The fourth-order valence-electron chi connectivity index (χ4n) is 9.14. The highest BCUT2D eigenvalue weighted by atomic mass is 16.6. The Morgan fingerprint density at radius 2 is 1.92 bits per heavy atom. The Morgan fingerprint density at radius 3 is 2.74 bits per heavy atom. The number of benzene rings is 1. The van der Waals surface area contributed by atoms with E-state index in [4.69, 9.17) is 4.84 Å². The van der Waals surface area contributed by atoms with Crippen LogP contribution in [0, 0.1) is 34.5 Å². The van der Waals surface area contributed by atoms with Crippen molar-refractivity contribution in [3.8, 4) is 0 Å². The van der Waals surface area contributed by atoms with Gasteiger partial charge in [0.1, 0.15) is 5.78 Å².